The highest BCUT2D eigenvalue weighted by molar-refractivity contribution is 7.22. The molecule has 0 bridgehead atoms. The number of aromatic amines is 1. The SMILES string of the molecule is COc1cncc(-c2ccc3nc(Nc4ccc5cc[nH]c5c4)sc3c2)c1. The second kappa shape index (κ2) is 6.41. The van der Waals surface area contributed by atoms with Gasteiger partial charge in [0.25, 0.3) is 0 Å². The van der Waals surface area contributed by atoms with E-state index in [1.54, 1.807) is 24.6 Å². The topological polar surface area (TPSA) is 62.8 Å². The molecule has 2 N–H and O–H groups in total. The number of aromatic nitrogens is 3. The summed E-state index contributed by atoms with van der Waals surface area (Å²) in [5, 5.41) is 5.48. The van der Waals surface area contributed by atoms with E-state index in [0.717, 1.165) is 43.4 Å². The standard InChI is InChI=1S/C21H16N4OS/c1-26-17-8-15(11-22-12-17)14-3-5-18-20(9-14)27-21(25-18)24-16-4-2-13-6-7-23-19(13)10-16/h2-12,23H,1H3,(H,24,25). The van der Waals surface area contributed by atoms with Crippen molar-refractivity contribution < 1.29 is 4.74 Å². The number of thiazole rings is 1. The first-order valence-electron chi connectivity index (χ1n) is 8.53. The Morgan fingerprint density at radius 1 is 1.00 bits per heavy atom. The number of benzene rings is 2. The van der Waals surface area contributed by atoms with Gasteiger partial charge in [-0.15, -0.1) is 0 Å². The van der Waals surface area contributed by atoms with Gasteiger partial charge in [-0.2, -0.15) is 0 Å². The molecule has 6 heteroatoms. The maximum absolute atomic E-state index is 5.27. The number of H-pyrrole nitrogens is 1. The average molecular weight is 372 g/mol. The van der Waals surface area contributed by atoms with Gasteiger partial charge in [0.2, 0.25) is 0 Å². The molecule has 0 atom stereocenters. The molecule has 0 aliphatic heterocycles. The molecular formula is C21H16N4OS. The molecule has 0 saturated carbocycles. The highest BCUT2D eigenvalue weighted by Gasteiger charge is 2.08. The fourth-order valence-electron chi connectivity index (χ4n) is 3.10. The molecule has 0 aliphatic rings. The Balaban J connectivity index is 1.47. The summed E-state index contributed by atoms with van der Waals surface area (Å²) < 4.78 is 6.40. The molecule has 3 aromatic heterocycles. The van der Waals surface area contributed by atoms with E-state index in [4.69, 9.17) is 9.72 Å². The number of hydrogen-bond donors (Lipinski definition) is 2. The molecular weight excluding hydrogens is 356 g/mol. The fraction of sp³-hybridized carbons (Fsp3) is 0.0476. The Bertz CT molecular complexity index is 1260. The van der Waals surface area contributed by atoms with Crippen LogP contribution in [0.2, 0.25) is 0 Å². The van der Waals surface area contributed by atoms with Crippen LogP contribution in [-0.4, -0.2) is 22.1 Å². The van der Waals surface area contributed by atoms with Crippen LogP contribution in [-0.2, 0) is 0 Å². The molecule has 5 nitrogen and oxygen atoms in total. The van der Waals surface area contributed by atoms with Crippen molar-refractivity contribution in [1.29, 1.82) is 0 Å². The van der Waals surface area contributed by atoms with Crippen LogP contribution in [0.15, 0.2) is 67.1 Å². The van der Waals surface area contributed by atoms with Crippen LogP contribution >= 0.6 is 11.3 Å². The summed E-state index contributed by atoms with van der Waals surface area (Å²) in [6, 6.07) is 16.5. The van der Waals surface area contributed by atoms with Crippen molar-refractivity contribution >= 4 is 43.3 Å². The molecule has 0 spiro atoms. The first kappa shape index (κ1) is 15.8. The summed E-state index contributed by atoms with van der Waals surface area (Å²) >= 11 is 1.63. The van der Waals surface area contributed by atoms with Gasteiger partial charge >= 0.3 is 0 Å². The zero-order valence-corrected chi connectivity index (χ0v) is 15.4. The third kappa shape index (κ3) is 3.00. The maximum Gasteiger partial charge on any atom is 0.188 e. The van der Waals surface area contributed by atoms with Gasteiger partial charge in [0.15, 0.2) is 5.13 Å². The molecule has 0 unspecified atom stereocenters. The number of nitrogens with one attached hydrogen (secondary N) is 2. The normalized spacial score (nSPS) is 11.1. The summed E-state index contributed by atoms with van der Waals surface area (Å²) in [5.41, 5.74) is 5.21. The number of anilines is 2. The van der Waals surface area contributed by atoms with Crippen molar-refractivity contribution in [3.63, 3.8) is 0 Å². The summed E-state index contributed by atoms with van der Waals surface area (Å²) in [4.78, 5) is 12.2. The number of fused-ring (bicyclic) bond motifs is 2. The van der Waals surface area contributed by atoms with Gasteiger partial charge in [-0.25, -0.2) is 4.98 Å². The summed E-state index contributed by atoms with van der Waals surface area (Å²) in [7, 11) is 1.65. The van der Waals surface area contributed by atoms with E-state index in [0.29, 0.717) is 0 Å². The van der Waals surface area contributed by atoms with Crippen molar-refractivity contribution in [1.82, 2.24) is 15.0 Å². The van der Waals surface area contributed by atoms with Gasteiger partial charge in [-0.1, -0.05) is 23.5 Å². The Hall–Kier alpha value is -3.38. The Labute approximate surface area is 159 Å². The second-order valence-corrected chi connectivity index (χ2v) is 7.25. The minimum Gasteiger partial charge on any atom is -0.495 e. The molecule has 132 valence electrons. The van der Waals surface area contributed by atoms with E-state index in [9.17, 15) is 0 Å². The smallest absolute Gasteiger partial charge is 0.188 e. The van der Waals surface area contributed by atoms with E-state index in [1.807, 2.05) is 24.5 Å². The van der Waals surface area contributed by atoms with Crippen molar-refractivity contribution in [3.05, 3.63) is 67.1 Å². The first-order valence-corrected chi connectivity index (χ1v) is 9.34. The zero-order valence-electron chi connectivity index (χ0n) is 14.6. The number of methoxy groups -OCH3 is 1. The molecule has 27 heavy (non-hydrogen) atoms. The number of pyridine rings is 1. The summed E-state index contributed by atoms with van der Waals surface area (Å²) in [6.45, 7) is 0. The van der Waals surface area contributed by atoms with Crippen molar-refractivity contribution in [2.24, 2.45) is 0 Å². The Morgan fingerprint density at radius 2 is 1.96 bits per heavy atom. The molecule has 0 aliphatic carbocycles. The van der Waals surface area contributed by atoms with Crippen LogP contribution in [0.3, 0.4) is 0 Å². The molecule has 3 heterocycles. The first-order chi connectivity index (χ1) is 13.3. The van der Waals surface area contributed by atoms with Gasteiger partial charge in [-0.3, -0.25) is 4.98 Å². The lowest BCUT2D eigenvalue weighted by Gasteiger charge is -2.03. The fourth-order valence-corrected chi connectivity index (χ4v) is 4.02. The maximum atomic E-state index is 5.27. The Kier molecular flexibility index (Phi) is 3.76. The predicted molar refractivity (Wildman–Crippen MR) is 111 cm³/mol. The third-order valence-corrected chi connectivity index (χ3v) is 5.41. The lowest BCUT2D eigenvalue weighted by Crippen LogP contribution is -1.88. The minimum atomic E-state index is 0.749. The third-order valence-electron chi connectivity index (χ3n) is 4.48. The van der Waals surface area contributed by atoms with Crippen LogP contribution in [0, 0.1) is 0 Å². The second-order valence-electron chi connectivity index (χ2n) is 6.22. The molecule has 0 amide bonds. The Morgan fingerprint density at radius 3 is 2.89 bits per heavy atom. The molecule has 5 aromatic rings. The lowest BCUT2D eigenvalue weighted by molar-refractivity contribution is 0.413. The number of ether oxygens (including phenoxy) is 1. The van der Waals surface area contributed by atoms with Crippen LogP contribution in [0.5, 0.6) is 5.75 Å². The zero-order chi connectivity index (χ0) is 18.2. The predicted octanol–water partition coefficient (Wildman–Crippen LogP) is 5.59. The van der Waals surface area contributed by atoms with Gasteiger partial charge in [0.05, 0.1) is 23.5 Å². The van der Waals surface area contributed by atoms with Gasteiger partial charge < -0.3 is 15.0 Å². The van der Waals surface area contributed by atoms with Gasteiger partial charge in [0.1, 0.15) is 5.75 Å². The van der Waals surface area contributed by atoms with Crippen molar-refractivity contribution in [2.75, 3.05) is 12.4 Å². The van der Waals surface area contributed by atoms with E-state index in [1.165, 1.54) is 5.39 Å². The quantitative estimate of drug-likeness (QED) is 0.431. The van der Waals surface area contributed by atoms with Crippen LogP contribution in [0.25, 0.3) is 32.2 Å². The average Bonchev–Trinajstić information content (AvgIpc) is 3.33. The van der Waals surface area contributed by atoms with Crippen molar-refractivity contribution in [3.8, 4) is 16.9 Å². The van der Waals surface area contributed by atoms with Crippen LogP contribution < -0.4 is 10.1 Å². The molecule has 0 saturated heterocycles. The summed E-state index contributed by atoms with van der Waals surface area (Å²) in [6.07, 6.45) is 5.49. The monoisotopic (exact) mass is 372 g/mol. The molecule has 5 rings (SSSR count). The molecule has 0 radical (unpaired) electrons. The van der Waals surface area contributed by atoms with E-state index < -0.39 is 0 Å². The molecule has 0 fully saturated rings. The van der Waals surface area contributed by atoms with E-state index >= 15 is 0 Å². The summed E-state index contributed by atoms with van der Waals surface area (Å²) in [5.74, 6) is 0.749. The molecule has 2 aromatic carbocycles. The van der Waals surface area contributed by atoms with Crippen molar-refractivity contribution in [2.45, 2.75) is 0 Å². The highest BCUT2D eigenvalue weighted by Crippen LogP contribution is 2.33. The number of hydrogen-bond acceptors (Lipinski definition) is 5. The number of nitrogens with zero attached hydrogens (tertiary/aromatic N) is 2. The van der Waals surface area contributed by atoms with Crippen LogP contribution in [0.4, 0.5) is 10.8 Å². The van der Waals surface area contributed by atoms with Gasteiger partial charge in [0, 0.05) is 29.2 Å². The highest BCUT2D eigenvalue weighted by atomic mass is 32.1. The number of rotatable bonds is 4. The van der Waals surface area contributed by atoms with Gasteiger partial charge in [-0.05, 0) is 47.3 Å². The lowest BCUT2D eigenvalue weighted by atomic mass is 10.1. The van der Waals surface area contributed by atoms with E-state index in [-0.39, 0.29) is 0 Å². The largest absolute Gasteiger partial charge is 0.495 e. The van der Waals surface area contributed by atoms with Crippen LogP contribution in [0.1, 0.15) is 0 Å². The minimum absolute atomic E-state index is 0.749. The van der Waals surface area contributed by atoms with E-state index in [2.05, 4.69) is 51.7 Å².